The van der Waals surface area contributed by atoms with Gasteiger partial charge in [-0.2, -0.15) is 0 Å². The lowest BCUT2D eigenvalue weighted by Crippen LogP contribution is -2.51. The molecule has 0 amide bonds. The molecule has 0 bridgehead atoms. The van der Waals surface area contributed by atoms with Crippen LogP contribution in [0.1, 0.15) is 70.3 Å². The molecule has 0 radical (unpaired) electrons. The number of carbonyl (C=O) groups is 1. The highest BCUT2D eigenvalue weighted by Crippen LogP contribution is 2.66. The molecule has 4 heteroatoms. The Morgan fingerprint density at radius 1 is 1.21 bits per heavy atom. The first-order valence-electron chi connectivity index (χ1n) is 13.0. The van der Waals surface area contributed by atoms with Gasteiger partial charge < -0.3 is 14.7 Å². The van der Waals surface area contributed by atoms with E-state index < -0.39 is 5.60 Å². The molecule has 0 unspecified atom stereocenters. The van der Waals surface area contributed by atoms with Crippen LogP contribution < -0.4 is 9.64 Å². The number of hydrogen-bond acceptors (Lipinski definition) is 4. The summed E-state index contributed by atoms with van der Waals surface area (Å²) in [5.41, 5.74) is 5.55. The van der Waals surface area contributed by atoms with E-state index in [2.05, 4.69) is 48.9 Å². The molecule has 5 aliphatic rings. The summed E-state index contributed by atoms with van der Waals surface area (Å²) in [6, 6.07) is 6.69. The number of rotatable bonds is 1. The van der Waals surface area contributed by atoms with Crippen LogP contribution >= 0.6 is 0 Å². The number of fused-ring (bicyclic) bond motifs is 5. The average Bonchev–Trinajstić information content (AvgIpc) is 3.08. The van der Waals surface area contributed by atoms with Crippen LogP contribution in [0, 0.1) is 29.1 Å². The van der Waals surface area contributed by atoms with Crippen molar-refractivity contribution in [3.8, 4) is 17.6 Å². The van der Waals surface area contributed by atoms with Crippen LogP contribution in [0.5, 0.6) is 5.75 Å². The molecule has 6 rings (SSSR count). The third-order valence-electron chi connectivity index (χ3n) is 9.70. The van der Waals surface area contributed by atoms with E-state index in [4.69, 9.17) is 4.74 Å². The fourth-order valence-corrected chi connectivity index (χ4v) is 7.96. The fraction of sp³-hybridized carbons (Fsp3) is 0.567. The van der Waals surface area contributed by atoms with E-state index in [0.29, 0.717) is 24.9 Å². The Labute approximate surface area is 203 Å². The molecule has 1 heterocycles. The van der Waals surface area contributed by atoms with Crippen molar-refractivity contribution in [3.05, 3.63) is 46.6 Å². The molecule has 5 atom stereocenters. The molecule has 1 aromatic carbocycles. The Bertz CT molecular complexity index is 1180. The summed E-state index contributed by atoms with van der Waals surface area (Å²) in [6.07, 6.45) is 8.12. The third-order valence-corrected chi connectivity index (χ3v) is 9.70. The number of benzene rings is 1. The Kier molecular flexibility index (Phi) is 5.01. The van der Waals surface area contributed by atoms with Crippen LogP contribution in [0.3, 0.4) is 0 Å². The summed E-state index contributed by atoms with van der Waals surface area (Å²) >= 11 is 0. The van der Waals surface area contributed by atoms with Crippen molar-refractivity contribution < 1.29 is 14.6 Å². The number of ketones is 1. The molecule has 4 nitrogen and oxygen atoms in total. The van der Waals surface area contributed by atoms with Crippen molar-refractivity contribution in [1.29, 1.82) is 0 Å². The normalized spacial score (nSPS) is 36.4. The molecule has 4 aliphatic carbocycles. The summed E-state index contributed by atoms with van der Waals surface area (Å²) < 4.78 is 5.94. The second-order valence-electron chi connectivity index (χ2n) is 11.3. The molecule has 1 aliphatic heterocycles. The summed E-state index contributed by atoms with van der Waals surface area (Å²) in [6.45, 7) is 5.75. The van der Waals surface area contributed by atoms with E-state index in [9.17, 15) is 9.90 Å². The number of ether oxygens (including phenoxy) is 1. The second kappa shape index (κ2) is 7.75. The lowest BCUT2D eigenvalue weighted by atomic mass is 9.51. The molecule has 0 aromatic heterocycles. The zero-order chi connectivity index (χ0) is 23.7. The van der Waals surface area contributed by atoms with Crippen LogP contribution in [-0.2, 0) is 4.79 Å². The average molecular weight is 458 g/mol. The minimum Gasteiger partial charge on any atom is -0.490 e. The highest BCUT2D eigenvalue weighted by molar-refractivity contribution is 5.93. The quantitative estimate of drug-likeness (QED) is 0.591. The molecule has 0 spiro atoms. The zero-order valence-corrected chi connectivity index (χ0v) is 20.6. The van der Waals surface area contributed by atoms with Gasteiger partial charge in [-0.3, -0.25) is 4.79 Å². The van der Waals surface area contributed by atoms with Gasteiger partial charge in [0.05, 0.1) is 12.2 Å². The maximum atomic E-state index is 12.3. The largest absolute Gasteiger partial charge is 0.490 e. The van der Waals surface area contributed by atoms with Crippen molar-refractivity contribution in [1.82, 2.24) is 0 Å². The lowest BCUT2D eigenvalue weighted by molar-refractivity contribution is -0.114. The predicted molar refractivity (Wildman–Crippen MR) is 134 cm³/mol. The molecule has 2 saturated carbocycles. The Morgan fingerprint density at radius 3 is 2.88 bits per heavy atom. The summed E-state index contributed by atoms with van der Waals surface area (Å²) in [5, 5.41) is 11.8. The predicted octanol–water partition coefficient (Wildman–Crippen LogP) is 5.17. The van der Waals surface area contributed by atoms with Crippen LogP contribution in [-0.4, -0.2) is 36.7 Å². The van der Waals surface area contributed by atoms with E-state index in [1.54, 1.807) is 5.57 Å². The fourth-order valence-electron chi connectivity index (χ4n) is 7.96. The van der Waals surface area contributed by atoms with Gasteiger partial charge in [-0.25, -0.2) is 0 Å². The van der Waals surface area contributed by atoms with E-state index in [1.807, 2.05) is 13.0 Å². The van der Waals surface area contributed by atoms with E-state index in [-0.39, 0.29) is 17.1 Å². The van der Waals surface area contributed by atoms with E-state index in [1.165, 1.54) is 16.7 Å². The van der Waals surface area contributed by atoms with Gasteiger partial charge in [-0.1, -0.05) is 24.5 Å². The first-order valence-corrected chi connectivity index (χ1v) is 13.0. The van der Waals surface area contributed by atoms with Crippen molar-refractivity contribution in [2.45, 2.75) is 70.3 Å². The van der Waals surface area contributed by atoms with Crippen molar-refractivity contribution >= 4 is 11.5 Å². The standard InChI is InChI=1S/C30H35NO3/c1-4-12-30(33)13-11-25-23-8-5-19-16-21(32)7-9-22(19)28(23)24(18-29(25,30)2)20-6-10-27-26(17-20)31(3)14-15-34-27/h6,10,16-17,23-25,33H,5,7-9,11,13-15,18H2,1-3H3/t23-,24+,25-,29-,30-/m0/s1. The number of allylic oxidation sites excluding steroid dienone is 4. The summed E-state index contributed by atoms with van der Waals surface area (Å²) in [5.74, 6) is 8.63. The van der Waals surface area contributed by atoms with Gasteiger partial charge in [0.2, 0.25) is 0 Å². The van der Waals surface area contributed by atoms with Crippen molar-refractivity contribution in [2.75, 3.05) is 25.1 Å². The molecular weight excluding hydrogens is 422 g/mol. The monoisotopic (exact) mass is 457 g/mol. The Balaban J connectivity index is 1.53. The molecule has 34 heavy (non-hydrogen) atoms. The topological polar surface area (TPSA) is 49.8 Å². The SMILES string of the molecule is CC#C[C@]1(O)CC[C@H]2[C@@H]3CCC4=CC(=O)CCC4=C3[C@@H](c3ccc4c(c3)N(C)CCO4)C[C@@]21C. The van der Waals surface area contributed by atoms with Gasteiger partial charge in [-0.15, -0.1) is 5.92 Å². The van der Waals surface area contributed by atoms with Gasteiger partial charge in [0, 0.05) is 24.8 Å². The van der Waals surface area contributed by atoms with E-state index in [0.717, 1.165) is 56.5 Å². The maximum absolute atomic E-state index is 12.3. The van der Waals surface area contributed by atoms with Gasteiger partial charge >= 0.3 is 0 Å². The van der Waals surface area contributed by atoms with Crippen molar-refractivity contribution in [2.24, 2.45) is 17.3 Å². The Morgan fingerprint density at radius 2 is 2.06 bits per heavy atom. The number of aliphatic hydroxyl groups is 1. The minimum atomic E-state index is -0.937. The summed E-state index contributed by atoms with van der Waals surface area (Å²) in [4.78, 5) is 14.5. The van der Waals surface area contributed by atoms with Crippen molar-refractivity contribution in [3.63, 3.8) is 0 Å². The van der Waals surface area contributed by atoms with Gasteiger partial charge in [0.25, 0.3) is 0 Å². The third kappa shape index (κ3) is 3.06. The maximum Gasteiger partial charge on any atom is 0.156 e. The summed E-state index contributed by atoms with van der Waals surface area (Å²) in [7, 11) is 2.13. The van der Waals surface area contributed by atoms with Gasteiger partial charge in [0.15, 0.2) is 5.78 Å². The van der Waals surface area contributed by atoms with Crippen LogP contribution in [0.15, 0.2) is 41.0 Å². The Hall–Kier alpha value is -2.51. The smallest absolute Gasteiger partial charge is 0.156 e. The second-order valence-corrected chi connectivity index (χ2v) is 11.3. The zero-order valence-electron chi connectivity index (χ0n) is 20.6. The first kappa shape index (κ1) is 22.0. The molecule has 178 valence electrons. The highest BCUT2D eigenvalue weighted by Gasteiger charge is 2.62. The highest BCUT2D eigenvalue weighted by atomic mass is 16.5. The van der Waals surface area contributed by atoms with Crippen LogP contribution in [0.4, 0.5) is 5.69 Å². The van der Waals surface area contributed by atoms with Gasteiger partial charge in [0.1, 0.15) is 18.0 Å². The minimum absolute atomic E-state index is 0.224. The van der Waals surface area contributed by atoms with Crippen LogP contribution in [0.25, 0.3) is 0 Å². The molecule has 1 aromatic rings. The lowest BCUT2D eigenvalue weighted by Gasteiger charge is -2.53. The van der Waals surface area contributed by atoms with Crippen LogP contribution in [0.2, 0.25) is 0 Å². The van der Waals surface area contributed by atoms with E-state index >= 15 is 0 Å². The number of hydrogen-bond donors (Lipinski definition) is 1. The number of anilines is 1. The number of carbonyl (C=O) groups excluding carboxylic acids is 1. The van der Waals surface area contributed by atoms with Gasteiger partial charge in [-0.05, 0) is 92.2 Å². The molecular formula is C30H35NO3. The molecule has 2 fully saturated rings. The number of nitrogens with zero attached hydrogens (tertiary/aromatic N) is 1. The first-order chi connectivity index (χ1) is 16.3. The molecule has 0 saturated heterocycles. The number of likely N-dealkylation sites (N-methyl/N-ethyl adjacent to an activating group) is 1. The molecule has 1 N–H and O–H groups in total.